The van der Waals surface area contributed by atoms with Crippen molar-refractivity contribution in [3.63, 3.8) is 0 Å². The van der Waals surface area contributed by atoms with Crippen LogP contribution in [0.5, 0.6) is 11.5 Å². The number of fused-ring (bicyclic) bond motifs is 5. The monoisotopic (exact) mass is 1030 g/mol. The van der Waals surface area contributed by atoms with E-state index in [-0.39, 0.29) is 50.7 Å². The van der Waals surface area contributed by atoms with Crippen molar-refractivity contribution in [2.75, 3.05) is 20.8 Å². The average Bonchev–Trinajstić information content (AvgIpc) is 3.83. The molecule has 0 radical (unpaired) electrons. The van der Waals surface area contributed by atoms with Crippen molar-refractivity contribution >= 4 is 29.7 Å². The Kier molecular flexibility index (Phi) is 15.3. The number of hydrogen-bond donors (Lipinski definition) is 0. The van der Waals surface area contributed by atoms with Gasteiger partial charge in [0.2, 0.25) is 0 Å². The Balaban J connectivity index is 0.972. The van der Waals surface area contributed by atoms with E-state index in [4.69, 9.17) is 37.9 Å². The molecule has 1 heterocycles. The Labute approximate surface area is 444 Å². The second-order valence-corrected chi connectivity index (χ2v) is 21.6. The highest BCUT2D eigenvalue weighted by Crippen LogP contribution is 2.69. The summed E-state index contributed by atoms with van der Waals surface area (Å²) in [6, 6.07) is 39.3. The quantitative estimate of drug-likeness (QED) is 0.0554. The van der Waals surface area contributed by atoms with Crippen LogP contribution in [0.3, 0.4) is 0 Å². The van der Waals surface area contributed by atoms with Crippen LogP contribution in [0, 0.1) is 34.5 Å². The Bertz CT molecular complexity index is 2930. The summed E-state index contributed by atoms with van der Waals surface area (Å²) in [5.41, 5.74) is 2.85. The smallest absolute Gasteiger partial charge is 0.338 e. The molecular formula is C63H66O13. The molecule has 13 nitrogen and oxygen atoms in total. The molecule has 3 saturated carbocycles. The zero-order valence-electron chi connectivity index (χ0n) is 43.7. The standard InChI is InChI=1S/C63H66O13/c1-38(64)53-48(47-35-44(69-4)27-29-51(47)70-5)36-50-46-28-26-43-34-45(30-32-62(43,2)49(46)31-33-63(50,53)3)72-61-56(76-60(68)42-24-16-9-17-25-42)55(75-59(67)41-22-14-8-15-23-41)54(74-58(66)40-20-12-7-13-21-40)52(73-61)37-71-57(65)39-18-10-6-11-19-39/h6-27,29,35,45-46,48-50,52-56,61H,28,30-34,36-37H2,1-5H3/t45-,46+,48-,49-,50-,52+,53-,54-,55-,56+,61+,62-,63-/m0/s1. The molecule has 0 unspecified atom stereocenters. The molecule has 76 heavy (non-hydrogen) atoms. The number of ether oxygens (including phenoxy) is 8. The number of Topliss-reactive ketones (excluding diaryl/α,β-unsaturated/α-hetero) is 1. The van der Waals surface area contributed by atoms with Crippen LogP contribution in [0.15, 0.2) is 151 Å². The van der Waals surface area contributed by atoms with Crippen molar-refractivity contribution < 1.29 is 61.9 Å². The normalized spacial score (nSPS) is 30.4. The summed E-state index contributed by atoms with van der Waals surface area (Å²) in [6.45, 7) is 6.03. The highest BCUT2D eigenvalue weighted by molar-refractivity contribution is 5.91. The van der Waals surface area contributed by atoms with Crippen molar-refractivity contribution in [1.29, 1.82) is 0 Å². The highest BCUT2D eigenvalue weighted by atomic mass is 16.7. The maximum atomic E-state index is 14.3. The molecule has 396 valence electrons. The van der Waals surface area contributed by atoms with Crippen LogP contribution >= 0.6 is 0 Å². The third kappa shape index (κ3) is 10.3. The lowest BCUT2D eigenvalue weighted by Gasteiger charge is -2.58. The summed E-state index contributed by atoms with van der Waals surface area (Å²) in [4.78, 5) is 70.0. The molecule has 1 saturated heterocycles. The molecule has 0 aromatic heterocycles. The average molecular weight is 1030 g/mol. The van der Waals surface area contributed by atoms with Gasteiger partial charge in [0, 0.05) is 11.5 Å². The van der Waals surface area contributed by atoms with Gasteiger partial charge in [-0.25, -0.2) is 19.2 Å². The number of ketones is 1. The minimum Gasteiger partial charge on any atom is -0.497 e. The number of carbonyl (C=O) groups excluding carboxylic acids is 5. The second-order valence-electron chi connectivity index (χ2n) is 21.6. The molecule has 5 aliphatic rings. The summed E-state index contributed by atoms with van der Waals surface area (Å²) in [5.74, 6) is -0.405. The summed E-state index contributed by atoms with van der Waals surface area (Å²) in [5, 5.41) is 0. The second kappa shape index (κ2) is 22.2. The molecule has 4 aliphatic carbocycles. The van der Waals surface area contributed by atoms with Gasteiger partial charge in [0.1, 0.15) is 30.0 Å². The predicted molar refractivity (Wildman–Crippen MR) is 281 cm³/mol. The first kappa shape index (κ1) is 52.4. The van der Waals surface area contributed by atoms with Gasteiger partial charge in [-0.05, 0) is 153 Å². The van der Waals surface area contributed by atoms with E-state index in [0.717, 1.165) is 49.2 Å². The Morgan fingerprint density at radius 2 is 1.17 bits per heavy atom. The van der Waals surface area contributed by atoms with Crippen LogP contribution in [-0.4, -0.2) is 87.3 Å². The van der Waals surface area contributed by atoms with Gasteiger partial charge in [0.05, 0.1) is 42.6 Å². The summed E-state index contributed by atoms with van der Waals surface area (Å²) in [6.07, 6.45) is 0.357. The SMILES string of the molecule is COc1ccc(OC)c([C@@H]2C[C@H]3[C@@H]4CC=C5C[C@@H](O[C@@H]6O[C@H](COC(=O)c7ccccc7)[C@H](OC(=O)c7ccccc7)[C@H](OC(=O)c7ccccc7)[C@H]6OC(=O)c6ccccc6)CC[C@]5(C)[C@H]4CC[C@]3(C)[C@H]2C(C)=O)c1. The summed E-state index contributed by atoms with van der Waals surface area (Å²) < 4.78 is 50.3. The van der Waals surface area contributed by atoms with Crippen LogP contribution in [0.1, 0.15) is 119 Å². The van der Waals surface area contributed by atoms with Crippen LogP contribution in [0.4, 0.5) is 0 Å². The van der Waals surface area contributed by atoms with Crippen molar-refractivity contribution in [1.82, 2.24) is 0 Å². The van der Waals surface area contributed by atoms with E-state index >= 15 is 0 Å². The number of methoxy groups -OCH3 is 2. The highest BCUT2D eigenvalue weighted by Gasteiger charge is 2.63. The maximum absolute atomic E-state index is 14.3. The lowest BCUT2D eigenvalue weighted by atomic mass is 9.47. The molecule has 1 aliphatic heterocycles. The first-order valence-electron chi connectivity index (χ1n) is 26.5. The van der Waals surface area contributed by atoms with E-state index in [1.807, 2.05) is 12.1 Å². The predicted octanol–water partition coefficient (Wildman–Crippen LogP) is 11.2. The third-order valence-corrected chi connectivity index (χ3v) is 17.5. The van der Waals surface area contributed by atoms with Gasteiger partial charge in [-0.3, -0.25) is 4.79 Å². The van der Waals surface area contributed by atoms with Gasteiger partial charge in [0.15, 0.2) is 24.6 Å². The van der Waals surface area contributed by atoms with Gasteiger partial charge in [-0.15, -0.1) is 0 Å². The van der Waals surface area contributed by atoms with Gasteiger partial charge in [0.25, 0.3) is 0 Å². The van der Waals surface area contributed by atoms with E-state index in [0.29, 0.717) is 30.6 Å². The largest absolute Gasteiger partial charge is 0.497 e. The fourth-order valence-corrected chi connectivity index (χ4v) is 13.8. The van der Waals surface area contributed by atoms with Gasteiger partial charge in [-0.2, -0.15) is 0 Å². The number of rotatable bonds is 15. The molecule has 0 N–H and O–H groups in total. The first-order valence-corrected chi connectivity index (χ1v) is 26.5. The van der Waals surface area contributed by atoms with E-state index < -0.39 is 67.3 Å². The fraction of sp³-hybridized carbons (Fsp3) is 0.413. The Hall–Kier alpha value is -7.09. The number of esters is 4. The minimum absolute atomic E-state index is 0.0130. The van der Waals surface area contributed by atoms with Gasteiger partial charge in [-0.1, -0.05) is 98.3 Å². The summed E-state index contributed by atoms with van der Waals surface area (Å²) >= 11 is 0. The van der Waals surface area contributed by atoms with E-state index in [9.17, 15) is 24.0 Å². The zero-order valence-corrected chi connectivity index (χ0v) is 43.7. The number of benzene rings is 5. The molecule has 10 rings (SSSR count). The zero-order chi connectivity index (χ0) is 53.1. The molecule has 13 heteroatoms. The molecular weight excluding hydrogens is 965 g/mol. The molecule has 5 aromatic carbocycles. The van der Waals surface area contributed by atoms with Gasteiger partial charge >= 0.3 is 23.9 Å². The lowest BCUT2D eigenvalue weighted by molar-refractivity contribution is -0.310. The lowest BCUT2D eigenvalue weighted by Crippen LogP contribution is -2.63. The van der Waals surface area contributed by atoms with Crippen LogP contribution in [0.2, 0.25) is 0 Å². The van der Waals surface area contributed by atoms with Crippen LogP contribution in [-0.2, 0) is 33.2 Å². The minimum atomic E-state index is -1.53. The van der Waals surface area contributed by atoms with E-state index in [1.165, 1.54) is 5.57 Å². The van der Waals surface area contributed by atoms with Crippen molar-refractivity contribution in [2.45, 2.75) is 108 Å². The van der Waals surface area contributed by atoms with E-state index in [1.54, 1.807) is 142 Å². The number of carbonyl (C=O) groups is 5. The first-order chi connectivity index (χ1) is 36.8. The molecule has 0 amide bonds. The number of hydrogen-bond acceptors (Lipinski definition) is 13. The Morgan fingerprint density at radius 3 is 1.72 bits per heavy atom. The maximum Gasteiger partial charge on any atom is 0.338 e. The molecule has 5 aromatic rings. The van der Waals surface area contributed by atoms with E-state index in [2.05, 4.69) is 26.0 Å². The van der Waals surface area contributed by atoms with Crippen LogP contribution < -0.4 is 9.47 Å². The summed E-state index contributed by atoms with van der Waals surface area (Å²) in [7, 11) is 3.34. The molecule has 0 bridgehead atoms. The van der Waals surface area contributed by atoms with Gasteiger partial charge < -0.3 is 37.9 Å². The number of allylic oxidation sites excluding steroid dienone is 1. The third-order valence-electron chi connectivity index (χ3n) is 17.5. The molecule has 4 fully saturated rings. The van der Waals surface area contributed by atoms with Crippen LogP contribution in [0.25, 0.3) is 0 Å². The molecule has 13 atom stereocenters. The topological polar surface area (TPSA) is 159 Å². The van der Waals surface area contributed by atoms with Crippen molar-refractivity contribution in [3.8, 4) is 11.5 Å². The van der Waals surface area contributed by atoms with Crippen molar-refractivity contribution in [3.05, 3.63) is 179 Å². The van der Waals surface area contributed by atoms with Crippen molar-refractivity contribution in [2.24, 2.45) is 34.5 Å². The Morgan fingerprint density at radius 1 is 0.618 bits per heavy atom. The fourth-order valence-electron chi connectivity index (χ4n) is 13.8. The molecule has 0 spiro atoms.